The monoisotopic (exact) mass is 289 g/mol. The fourth-order valence-corrected chi connectivity index (χ4v) is 2.99. The van der Waals surface area contributed by atoms with Crippen molar-refractivity contribution < 1.29 is 0 Å². The van der Waals surface area contributed by atoms with Crippen LogP contribution in [0.25, 0.3) is 0 Å². The zero-order valence-corrected chi connectivity index (χ0v) is 12.6. The van der Waals surface area contributed by atoms with Gasteiger partial charge in [-0.25, -0.2) is 0 Å². The van der Waals surface area contributed by atoms with Crippen LogP contribution in [0.5, 0.6) is 0 Å². The highest BCUT2D eigenvalue weighted by molar-refractivity contribution is 9.10. The summed E-state index contributed by atoms with van der Waals surface area (Å²) in [5.74, 6) is 0. The molecule has 0 N–H and O–H groups in total. The van der Waals surface area contributed by atoms with Crippen molar-refractivity contribution in [3.8, 4) is 0 Å². The molecule has 0 saturated carbocycles. The molecule has 1 aromatic heterocycles. The van der Waals surface area contributed by atoms with Crippen LogP contribution in [-0.4, -0.2) is 18.0 Å². The van der Waals surface area contributed by atoms with Crippen LogP contribution in [0.1, 0.15) is 32.6 Å². The lowest BCUT2D eigenvalue weighted by atomic mass is 9.87. The topological polar surface area (TPSA) is 3.24 Å². The van der Waals surface area contributed by atoms with Gasteiger partial charge in [0.15, 0.2) is 0 Å². The van der Waals surface area contributed by atoms with Crippen molar-refractivity contribution in [3.05, 3.63) is 20.8 Å². The second-order valence-corrected chi connectivity index (χ2v) is 7.10. The summed E-state index contributed by atoms with van der Waals surface area (Å²) in [4.78, 5) is 3.83. The van der Waals surface area contributed by atoms with E-state index in [9.17, 15) is 0 Å². The summed E-state index contributed by atoms with van der Waals surface area (Å²) in [6, 6.07) is 2.79. The van der Waals surface area contributed by atoms with Crippen molar-refractivity contribution in [2.24, 2.45) is 5.41 Å². The highest BCUT2D eigenvalue weighted by atomic mass is 79.9. The molecule has 15 heavy (non-hydrogen) atoms. The summed E-state index contributed by atoms with van der Waals surface area (Å²) >= 11 is 5.31. The molecule has 3 heteroatoms. The first-order chi connectivity index (χ1) is 6.80. The van der Waals surface area contributed by atoms with Gasteiger partial charge in [-0.15, -0.1) is 11.3 Å². The molecule has 0 saturated heterocycles. The fourth-order valence-electron chi connectivity index (χ4n) is 1.48. The Morgan fingerprint density at radius 2 is 2.07 bits per heavy atom. The average Bonchev–Trinajstić information content (AvgIpc) is 2.48. The van der Waals surface area contributed by atoms with Gasteiger partial charge < -0.3 is 0 Å². The van der Waals surface area contributed by atoms with Crippen molar-refractivity contribution in [2.75, 3.05) is 7.05 Å². The van der Waals surface area contributed by atoms with E-state index in [4.69, 9.17) is 0 Å². The third-order valence-corrected chi connectivity index (χ3v) is 4.62. The van der Waals surface area contributed by atoms with E-state index < -0.39 is 0 Å². The van der Waals surface area contributed by atoms with Gasteiger partial charge in [0.25, 0.3) is 0 Å². The van der Waals surface area contributed by atoms with Gasteiger partial charge in [0.2, 0.25) is 0 Å². The lowest BCUT2D eigenvalue weighted by Gasteiger charge is -2.35. The molecule has 1 nitrogen and oxygen atoms in total. The van der Waals surface area contributed by atoms with E-state index in [1.807, 2.05) is 11.3 Å². The summed E-state index contributed by atoms with van der Waals surface area (Å²) in [7, 11) is 2.20. The van der Waals surface area contributed by atoms with Gasteiger partial charge in [-0.2, -0.15) is 0 Å². The molecule has 86 valence electrons. The Hall–Kier alpha value is 0.140. The second-order valence-electron chi connectivity index (χ2n) is 5.19. The molecule has 1 heterocycles. The Bertz CT molecular complexity index is 314. The van der Waals surface area contributed by atoms with Gasteiger partial charge in [0.05, 0.1) is 0 Å². The zero-order chi connectivity index (χ0) is 11.6. The summed E-state index contributed by atoms with van der Waals surface area (Å²) in [6.07, 6.45) is 0. The Kier molecular flexibility index (Phi) is 4.38. The van der Waals surface area contributed by atoms with Crippen LogP contribution in [0.3, 0.4) is 0 Å². The van der Waals surface area contributed by atoms with Gasteiger partial charge in [0.1, 0.15) is 0 Å². The van der Waals surface area contributed by atoms with Crippen molar-refractivity contribution in [1.29, 1.82) is 0 Å². The summed E-state index contributed by atoms with van der Waals surface area (Å²) in [6.45, 7) is 10.2. The maximum atomic E-state index is 3.49. The first-order valence-electron chi connectivity index (χ1n) is 5.24. The molecule has 0 aromatic carbocycles. The molecule has 0 aliphatic heterocycles. The molecular weight excluding hydrogens is 270 g/mol. The molecule has 0 amide bonds. The summed E-state index contributed by atoms with van der Waals surface area (Å²) in [5, 5.41) is 2.14. The summed E-state index contributed by atoms with van der Waals surface area (Å²) in [5.41, 5.74) is 0.337. The predicted octanol–water partition coefficient (Wildman–Crippen LogP) is 4.38. The average molecular weight is 290 g/mol. The van der Waals surface area contributed by atoms with E-state index in [2.05, 4.69) is 67.0 Å². The number of hydrogen-bond donors (Lipinski definition) is 0. The minimum absolute atomic E-state index is 0.337. The Balaban J connectivity index is 2.59. The zero-order valence-electron chi connectivity index (χ0n) is 10.2. The van der Waals surface area contributed by atoms with Crippen LogP contribution >= 0.6 is 27.3 Å². The highest BCUT2D eigenvalue weighted by Crippen LogP contribution is 2.26. The molecule has 0 spiro atoms. The SMILES string of the molecule is CC(N(C)Cc1cc(Br)cs1)C(C)(C)C. The number of rotatable bonds is 3. The van der Waals surface area contributed by atoms with Crippen LogP contribution in [0, 0.1) is 5.41 Å². The Labute approximate surface area is 106 Å². The lowest BCUT2D eigenvalue weighted by Crippen LogP contribution is -2.38. The van der Waals surface area contributed by atoms with Crippen LogP contribution < -0.4 is 0 Å². The smallest absolute Gasteiger partial charge is 0.0328 e. The quantitative estimate of drug-likeness (QED) is 0.798. The van der Waals surface area contributed by atoms with Crippen molar-refractivity contribution in [3.63, 3.8) is 0 Å². The van der Waals surface area contributed by atoms with Crippen molar-refractivity contribution >= 4 is 27.3 Å². The molecule has 1 unspecified atom stereocenters. The maximum absolute atomic E-state index is 3.49. The Morgan fingerprint density at radius 3 is 2.47 bits per heavy atom. The molecule has 0 aliphatic rings. The largest absolute Gasteiger partial charge is 0.298 e. The third-order valence-electron chi connectivity index (χ3n) is 2.94. The van der Waals surface area contributed by atoms with Gasteiger partial charge in [-0.05, 0) is 41.4 Å². The van der Waals surface area contributed by atoms with Gasteiger partial charge in [0, 0.05) is 27.3 Å². The van der Waals surface area contributed by atoms with E-state index in [1.165, 1.54) is 9.35 Å². The normalized spacial score (nSPS) is 14.6. The van der Waals surface area contributed by atoms with Gasteiger partial charge >= 0.3 is 0 Å². The number of halogens is 1. The maximum Gasteiger partial charge on any atom is 0.0328 e. The molecule has 0 fully saturated rings. The van der Waals surface area contributed by atoms with Crippen LogP contribution in [0.15, 0.2) is 15.9 Å². The van der Waals surface area contributed by atoms with Crippen molar-refractivity contribution in [2.45, 2.75) is 40.3 Å². The van der Waals surface area contributed by atoms with Crippen molar-refractivity contribution in [1.82, 2.24) is 4.90 Å². The van der Waals surface area contributed by atoms with E-state index in [-0.39, 0.29) is 0 Å². The molecule has 0 radical (unpaired) electrons. The molecule has 0 bridgehead atoms. The van der Waals surface area contributed by atoms with E-state index in [0.29, 0.717) is 11.5 Å². The minimum Gasteiger partial charge on any atom is -0.298 e. The van der Waals surface area contributed by atoms with Crippen LogP contribution in [-0.2, 0) is 6.54 Å². The van der Waals surface area contributed by atoms with Crippen LogP contribution in [0.4, 0.5) is 0 Å². The standard InChI is InChI=1S/C12H20BrNS/c1-9(12(2,3)4)14(5)7-11-6-10(13)8-15-11/h6,8-9H,7H2,1-5H3. The minimum atomic E-state index is 0.337. The van der Waals surface area contributed by atoms with E-state index >= 15 is 0 Å². The number of nitrogens with zero attached hydrogens (tertiary/aromatic N) is 1. The first-order valence-corrected chi connectivity index (χ1v) is 6.91. The second kappa shape index (κ2) is 4.98. The molecule has 0 aliphatic carbocycles. The Morgan fingerprint density at radius 1 is 1.47 bits per heavy atom. The van der Waals surface area contributed by atoms with E-state index in [1.54, 1.807) is 0 Å². The predicted molar refractivity (Wildman–Crippen MR) is 72.4 cm³/mol. The number of hydrogen-bond acceptors (Lipinski definition) is 2. The fraction of sp³-hybridized carbons (Fsp3) is 0.667. The molecular formula is C12H20BrNS. The highest BCUT2D eigenvalue weighted by Gasteiger charge is 2.23. The summed E-state index contributed by atoms with van der Waals surface area (Å²) < 4.78 is 1.19. The molecule has 1 rings (SSSR count). The lowest BCUT2D eigenvalue weighted by molar-refractivity contribution is 0.136. The van der Waals surface area contributed by atoms with Gasteiger partial charge in [-0.3, -0.25) is 4.90 Å². The third kappa shape index (κ3) is 3.89. The van der Waals surface area contributed by atoms with E-state index in [0.717, 1.165) is 6.54 Å². The van der Waals surface area contributed by atoms with Crippen LogP contribution in [0.2, 0.25) is 0 Å². The molecule has 1 atom stereocenters. The molecule has 1 aromatic rings. The number of thiophene rings is 1. The first kappa shape index (κ1) is 13.2. The van der Waals surface area contributed by atoms with Gasteiger partial charge in [-0.1, -0.05) is 20.8 Å².